The number of anilines is 2. The second-order valence-corrected chi connectivity index (χ2v) is 5.67. The molecule has 0 radical (unpaired) electrons. The maximum absolute atomic E-state index is 12.9. The molecule has 5 heteroatoms. The number of rotatable bonds is 6. The molecule has 1 atom stereocenters. The summed E-state index contributed by atoms with van der Waals surface area (Å²) in [4.78, 5) is 0. The lowest BCUT2D eigenvalue weighted by molar-refractivity contribution is -0.136. The Morgan fingerprint density at radius 1 is 1.15 bits per heavy atom. The second-order valence-electron chi connectivity index (χ2n) is 5.67. The number of benzene rings is 1. The molecule has 1 rings (SSSR count). The van der Waals surface area contributed by atoms with E-state index in [1.165, 1.54) is 12.1 Å². The van der Waals surface area contributed by atoms with Crippen LogP contribution in [0.25, 0.3) is 0 Å². The summed E-state index contributed by atoms with van der Waals surface area (Å²) in [6.45, 7) is 6.18. The van der Waals surface area contributed by atoms with Gasteiger partial charge in [0, 0.05) is 17.4 Å². The van der Waals surface area contributed by atoms with E-state index in [0.29, 0.717) is 5.92 Å². The van der Waals surface area contributed by atoms with Crippen molar-refractivity contribution in [1.29, 1.82) is 0 Å². The number of hydrogen-bond donors (Lipinski definition) is 2. The topological polar surface area (TPSA) is 38.0 Å². The van der Waals surface area contributed by atoms with Crippen LogP contribution in [-0.4, -0.2) is 6.04 Å². The van der Waals surface area contributed by atoms with Crippen LogP contribution < -0.4 is 11.1 Å². The van der Waals surface area contributed by atoms with Crippen LogP contribution in [0.5, 0.6) is 0 Å². The van der Waals surface area contributed by atoms with Crippen molar-refractivity contribution in [3.63, 3.8) is 0 Å². The lowest BCUT2D eigenvalue weighted by Crippen LogP contribution is -2.19. The molecule has 0 heterocycles. The molecule has 0 amide bonds. The SMILES string of the molecule is CC(C)CCCC(C)Nc1ccc(N)cc1C(F)(F)F. The van der Waals surface area contributed by atoms with E-state index in [2.05, 4.69) is 19.2 Å². The molecule has 0 aliphatic carbocycles. The number of alkyl halides is 3. The smallest absolute Gasteiger partial charge is 0.399 e. The van der Waals surface area contributed by atoms with Crippen LogP contribution in [0.2, 0.25) is 0 Å². The zero-order valence-corrected chi connectivity index (χ0v) is 12.2. The van der Waals surface area contributed by atoms with Crippen LogP contribution in [0, 0.1) is 5.92 Å². The molecule has 0 aliphatic rings. The van der Waals surface area contributed by atoms with Crippen LogP contribution in [0.3, 0.4) is 0 Å². The van der Waals surface area contributed by atoms with E-state index in [1.807, 2.05) is 6.92 Å². The summed E-state index contributed by atoms with van der Waals surface area (Å²) in [5, 5.41) is 2.94. The highest BCUT2D eigenvalue weighted by Crippen LogP contribution is 2.36. The van der Waals surface area contributed by atoms with Gasteiger partial charge in [-0.2, -0.15) is 13.2 Å². The highest BCUT2D eigenvalue weighted by molar-refractivity contribution is 5.59. The molecule has 3 N–H and O–H groups in total. The van der Waals surface area contributed by atoms with Gasteiger partial charge in [0.25, 0.3) is 0 Å². The summed E-state index contributed by atoms with van der Waals surface area (Å²) >= 11 is 0. The van der Waals surface area contributed by atoms with E-state index in [9.17, 15) is 13.2 Å². The molecule has 0 bridgehead atoms. The molecule has 1 aromatic rings. The quantitative estimate of drug-likeness (QED) is 0.729. The highest BCUT2D eigenvalue weighted by atomic mass is 19.4. The lowest BCUT2D eigenvalue weighted by atomic mass is 10.0. The third-order valence-electron chi connectivity index (χ3n) is 3.17. The van der Waals surface area contributed by atoms with Crippen LogP contribution in [0.1, 0.15) is 45.6 Å². The fraction of sp³-hybridized carbons (Fsp3) is 0.600. The summed E-state index contributed by atoms with van der Waals surface area (Å²) in [5.74, 6) is 0.615. The third kappa shape index (κ3) is 5.31. The average Bonchev–Trinajstić information content (AvgIpc) is 2.29. The first-order chi connectivity index (χ1) is 9.20. The summed E-state index contributed by atoms with van der Waals surface area (Å²) < 4.78 is 38.8. The number of halogens is 3. The van der Waals surface area contributed by atoms with Crippen LogP contribution in [0.4, 0.5) is 24.5 Å². The van der Waals surface area contributed by atoms with Gasteiger partial charge in [-0.3, -0.25) is 0 Å². The monoisotopic (exact) mass is 288 g/mol. The van der Waals surface area contributed by atoms with Gasteiger partial charge in [0.05, 0.1) is 5.56 Å². The molecule has 0 spiro atoms. The number of hydrogen-bond acceptors (Lipinski definition) is 2. The Kier molecular flexibility index (Phi) is 5.72. The normalized spacial score (nSPS) is 13.6. The van der Waals surface area contributed by atoms with Crippen molar-refractivity contribution < 1.29 is 13.2 Å². The standard InChI is InChI=1S/C15H23F3N2/c1-10(2)5-4-6-11(3)20-14-8-7-12(19)9-13(14)15(16,17)18/h7-11,20H,4-6,19H2,1-3H3. The first-order valence-electron chi connectivity index (χ1n) is 6.93. The number of nitrogens with one attached hydrogen (secondary N) is 1. The largest absolute Gasteiger partial charge is 0.418 e. The first-order valence-corrected chi connectivity index (χ1v) is 6.93. The lowest BCUT2D eigenvalue weighted by Gasteiger charge is -2.20. The maximum atomic E-state index is 12.9. The van der Waals surface area contributed by atoms with Gasteiger partial charge in [-0.15, -0.1) is 0 Å². The van der Waals surface area contributed by atoms with Crippen molar-refractivity contribution in [3.05, 3.63) is 23.8 Å². The minimum Gasteiger partial charge on any atom is -0.399 e. The Morgan fingerprint density at radius 2 is 1.80 bits per heavy atom. The third-order valence-corrected chi connectivity index (χ3v) is 3.17. The molecule has 20 heavy (non-hydrogen) atoms. The van der Waals surface area contributed by atoms with Crippen molar-refractivity contribution in [2.24, 2.45) is 5.92 Å². The van der Waals surface area contributed by atoms with Gasteiger partial charge in [-0.05, 0) is 37.5 Å². The van der Waals surface area contributed by atoms with Crippen LogP contribution in [-0.2, 0) is 6.18 Å². The van der Waals surface area contributed by atoms with Crippen LogP contribution in [0.15, 0.2) is 18.2 Å². The van der Waals surface area contributed by atoms with Crippen molar-refractivity contribution in [2.45, 2.75) is 52.3 Å². The molecule has 0 aromatic heterocycles. The Hall–Kier alpha value is -1.39. The molecular weight excluding hydrogens is 265 g/mol. The molecule has 2 nitrogen and oxygen atoms in total. The van der Waals surface area contributed by atoms with Crippen molar-refractivity contribution in [2.75, 3.05) is 11.1 Å². The van der Waals surface area contributed by atoms with E-state index in [0.717, 1.165) is 25.3 Å². The molecule has 0 saturated heterocycles. The van der Waals surface area contributed by atoms with E-state index < -0.39 is 11.7 Å². The first kappa shape index (κ1) is 16.7. The van der Waals surface area contributed by atoms with Crippen LogP contribution >= 0.6 is 0 Å². The fourth-order valence-corrected chi connectivity index (χ4v) is 2.09. The molecule has 0 fully saturated rings. The molecule has 0 aliphatic heterocycles. The highest BCUT2D eigenvalue weighted by Gasteiger charge is 2.33. The summed E-state index contributed by atoms with van der Waals surface area (Å²) in [6, 6.07) is 3.86. The molecule has 1 unspecified atom stereocenters. The molecule has 114 valence electrons. The predicted octanol–water partition coefficient (Wildman–Crippen LogP) is 4.91. The molecule has 0 saturated carbocycles. The van der Waals surface area contributed by atoms with Gasteiger partial charge < -0.3 is 11.1 Å². The Bertz CT molecular complexity index is 428. The minimum atomic E-state index is -4.39. The number of nitrogens with two attached hydrogens (primary N) is 1. The Morgan fingerprint density at radius 3 is 2.35 bits per heavy atom. The second kappa shape index (κ2) is 6.86. The maximum Gasteiger partial charge on any atom is 0.418 e. The zero-order chi connectivity index (χ0) is 15.3. The molecular formula is C15H23F3N2. The minimum absolute atomic E-state index is 0.00141. The molecule has 1 aromatic carbocycles. The zero-order valence-electron chi connectivity index (χ0n) is 12.2. The van der Waals surface area contributed by atoms with E-state index >= 15 is 0 Å². The number of nitrogen functional groups attached to an aromatic ring is 1. The van der Waals surface area contributed by atoms with Crippen molar-refractivity contribution >= 4 is 11.4 Å². The van der Waals surface area contributed by atoms with Crippen molar-refractivity contribution in [1.82, 2.24) is 0 Å². The van der Waals surface area contributed by atoms with Gasteiger partial charge in [0.15, 0.2) is 0 Å². The van der Waals surface area contributed by atoms with Crippen molar-refractivity contribution in [3.8, 4) is 0 Å². The van der Waals surface area contributed by atoms with Gasteiger partial charge in [0.1, 0.15) is 0 Å². The van der Waals surface area contributed by atoms with Gasteiger partial charge in [-0.25, -0.2) is 0 Å². The van der Waals surface area contributed by atoms with Gasteiger partial charge >= 0.3 is 6.18 Å². The summed E-state index contributed by atoms with van der Waals surface area (Å²) in [7, 11) is 0. The fourth-order valence-electron chi connectivity index (χ4n) is 2.09. The summed E-state index contributed by atoms with van der Waals surface area (Å²) in [5.41, 5.74) is 4.96. The van der Waals surface area contributed by atoms with Gasteiger partial charge in [0.2, 0.25) is 0 Å². The Balaban J connectivity index is 2.72. The van der Waals surface area contributed by atoms with E-state index in [1.54, 1.807) is 0 Å². The van der Waals surface area contributed by atoms with E-state index in [-0.39, 0.29) is 17.4 Å². The van der Waals surface area contributed by atoms with E-state index in [4.69, 9.17) is 5.73 Å². The summed E-state index contributed by atoms with van der Waals surface area (Å²) in [6.07, 6.45) is -1.46. The average molecular weight is 288 g/mol. The predicted molar refractivity (Wildman–Crippen MR) is 77.6 cm³/mol. The Labute approximate surface area is 118 Å². The van der Waals surface area contributed by atoms with Gasteiger partial charge in [-0.1, -0.05) is 26.7 Å².